The minimum absolute atomic E-state index is 0.163. The predicted molar refractivity (Wildman–Crippen MR) is 116 cm³/mol. The third kappa shape index (κ3) is 4.15. The van der Waals surface area contributed by atoms with Crippen LogP contribution in [0.3, 0.4) is 0 Å². The first-order chi connectivity index (χ1) is 14.1. The molecule has 0 bridgehead atoms. The van der Waals surface area contributed by atoms with Gasteiger partial charge in [-0.1, -0.05) is 25.5 Å². The molecular weight excluding hydrogens is 432 g/mol. The van der Waals surface area contributed by atoms with Gasteiger partial charge in [0.05, 0.1) is 20.0 Å². The van der Waals surface area contributed by atoms with Crippen molar-refractivity contribution in [2.24, 2.45) is 11.8 Å². The molecule has 2 atom stereocenters. The molecule has 7 heteroatoms. The molecular formula is C22H25BrN4O2. The van der Waals surface area contributed by atoms with Gasteiger partial charge >= 0.3 is 0 Å². The number of hydrogen-bond donors (Lipinski definition) is 1. The first-order valence-electron chi connectivity index (χ1n) is 9.96. The third-order valence-corrected chi connectivity index (χ3v) is 6.55. The van der Waals surface area contributed by atoms with Crippen molar-refractivity contribution >= 4 is 33.0 Å². The highest BCUT2D eigenvalue weighted by molar-refractivity contribution is 9.10. The molecule has 3 heterocycles. The average Bonchev–Trinajstić information content (AvgIpc) is 3.34. The minimum Gasteiger partial charge on any atom is -0.497 e. The quantitative estimate of drug-likeness (QED) is 0.584. The van der Waals surface area contributed by atoms with E-state index in [1.807, 2.05) is 24.7 Å². The molecule has 4 rings (SSSR count). The fourth-order valence-corrected chi connectivity index (χ4v) is 4.59. The Morgan fingerprint density at radius 3 is 2.76 bits per heavy atom. The van der Waals surface area contributed by atoms with Crippen molar-refractivity contribution in [3.63, 3.8) is 0 Å². The number of halogens is 1. The van der Waals surface area contributed by atoms with Crippen LogP contribution in [0, 0.1) is 11.8 Å². The Balaban J connectivity index is 1.61. The topological polar surface area (TPSA) is 69.0 Å². The van der Waals surface area contributed by atoms with E-state index >= 15 is 0 Å². The lowest BCUT2D eigenvalue weighted by Crippen LogP contribution is -2.20. The second-order valence-electron chi connectivity index (χ2n) is 7.62. The zero-order valence-corrected chi connectivity index (χ0v) is 18.3. The van der Waals surface area contributed by atoms with Gasteiger partial charge in [0.1, 0.15) is 11.3 Å². The van der Waals surface area contributed by atoms with E-state index in [9.17, 15) is 4.79 Å². The highest BCUT2D eigenvalue weighted by atomic mass is 79.9. The van der Waals surface area contributed by atoms with Gasteiger partial charge in [-0.25, -0.2) is 9.97 Å². The molecule has 1 aliphatic heterocycles. The maximum absolute atomic E-state index is 11.7. The third-order valence-electron chi connectivity index (χ3n) is 5.86. The largest absolute Gasteiger partial charge is 0.497 e. The van der Waals surface area contributed by atoms with Crippen LogP contribution >= 0.6 is 15.9 Å². The van der Waals surface area contributed by atoms with Gasteiger partial charge in [-0.3, -0.25) is 4.79 Å². The van der Waals surface area contributed by atoms with Crippen LogP contribution in [0.4, 0.5) is 0 Å². The number of amides is 1. The molecule has 1 aliphatic rings. The number of ether oxygens (including phenoxy) is 1. The van der Waals surface area contributed by atoms with Gasteiger partial charge in [-0.2, -0.15) is 0 Å². The Morgan fingerprint density at radius 2 is 2.10 bits per heavy atom. The van der Waals surface area contributed by atoms with Gasteiger partial charge in [-0.05, 0) is 57.4 Å². The standard InChI is InChI=1S/C22H25BrN4O2/c1-3-15(16-9-20(28)24-10-16)8-18-19(23)11-25-22-21(18)26-13-27(22)12-14-4-6-17(29-2)7-5-14/h4-7,11,13,15-16H,3,8-10,12H2,1-2H3,(H,24,28). The van der Waals surface area contributed by atoms with Crippen LogP contribution in [0.2, 0.25) is 0 Å². The summed E-state index contributed by atoms with van der Waals surface area (Å²) in [6.45, 7) is 3.67. The summed E-state index contributed by atoms with van der Waals surface area (Å²) in [4.78, 5) is 21.0. The number of nitrogens with one attached hydrogen (secondary N) is 1. The minimum atomic E-state index is 0.163. The van der Waals surface area contributed by atoms with Crippen LogP contribution in [0.1, 0.15) is 30.9 Å². The van der Waals surface area contributed by atoms with Crippen LogP contribution in [0.15, 0.2) is 41.3 Å². The molecule has 0 radical (unpaired) electrons. The normalized spacial score (nSPS) is 17.5. The molecule has 1 fully saturated rings. The van der Waals surface area contributed by atoms with Crippen molar-refractivity contribution in [1.29, 1.82) is 0 Å². The number of methoxy groups -OCH3 is 1. The SMILES string of the molecule is CCC(Cc1c(Br)cnc2c1ncn2Cc1ccc(OC)cc1)C1CNC(=O)C1. The molecule has 1 amide bonds. The summed E-state index contributed by atoms with van der Waals surface area (Å²) in [6.07, 6.45) is 6.27. The second kappa shape index (κ2) is 8.53. The summed E-state index contributed by atoms with van der Waals surface area (Å²) in [7, 11) is 1.67. The van der Waals surface area contributed by atoms with Gasteiger partial charge in [0.2, 0.25) is 5.91 Å². The molecule has 0 spiro atoms. The van der Waals surface area contributed by atoms with E-state index in [-0.39, 0.29) is 5.91 Å². The number of aromatic nitrogens is 3. The van der Waals surface area contributed by atoms with Crippen LogP contribution < -0.4 is 10.1 Å². The second-order valence-corrected chi connectivity index (χ2v) is 8.47. The first-order valence-corrected chi connectivity index (χ1v) is 10.8. The molecule has 2 aromatic heterocycles. The van der Waals surface area contributed by atoms with E-state index in [0.717, 1.165) is 40.8 Å². The van der Waals surface area contributed by atoms with E-state index < -0.39 is 0 Å². The number of rotatable bonds is 7. The molecule has 29 heavy (non-hydrogen) atoms. The fourth-order valence-electron chi connectivity index (χ4n) is 4.14. The number of fused-ring (bicyclic) bond motifs is 1. The zero-order valence-electron chi connectivity index (χ0n) is 16.7. The van der Waals surface area contributed by atoms with Crippen molar-refractivity contribution in [2.45, 2.75) is 32.7 Å². The van der Waals surface area contributed by atoms with Gasteiger partial charge in [-0.15, -0.1) is 0 Å². The van der Waals surface area contributed by atoms with Crippen LogP contribution in [-0.2, 0) is 17.8 Å². The van der Waals surface area contributed by atoms with Crippen LogP contribution in [-0.4, -0.2) is 34.1 Å². The van der Waals surface area contributed by atoms with E-state index in [2.05, 4.69) is 49.9 Å². The summed E-state index contributed by atoms with van der Waals surface area (Å²) in [6, 6.07) is 8.04. The molecule has 6 nitrogen and oxygen atoms in total. The average molecular weight is 457 g/mol. The number of nitrogens with zero attached hydrogens (tertiary/aromatic N) is 3. The van der Waals surface area contributed by atoms with Crippen molar-refractivity contribution in [3.8, 4) is 5.75 Å². The Kier molecular flexibility index (Phi) is 5.85. The number of pyridine rings is 1. The highest BCUT2D eigenvalue weighted by Crippen LogP contribution is 2.32. The van der Waals surface area contributed by atoms with Gasteiger partial charge in [0, 0.05) is 23.6 Å². The number of hydrogen-bond acceptors (Lipinski definition) is 4. The van der Waals surface area contributed by atoms with E-state index in [4.69, 9.17) is 9.72 Å². The van der Waals surface area contributed by atoms with Crippen LogP contribution in [0.25, 0.3) is 11.2 Å². The zero-order chi connectivity index (χ0) is 20.4. The molecule has 152 valence electrons. The van der Waals surface area contributed by atoms with Gasteiger partial charge in [0.25, 0.3) is 0 Å². The molecule has 2 unspecified atom stereocenters. The lowest BCUT2D eigenvalue weighted by Gasteiger charge is -2.21. The Labute approximate surface area is 178 Å². The molecule has 1 N–H and O–H groups in total. The maximum Gasteiger partial charge on any atom is 0.220 e. The van der Waals surface area contributed by atoms with Crippen molar-refractivity contribution in [1.82, 2.24) is 19.9 Å². The predicted octanol–water partition coefficient (Wildman–Crippen LogP) is 3.96. The first kappa shape index (κ1) is 19.9. The lowest BCUT2D eigenvalue weighted by atomic mass is 9.84. The van der Waals surface area contributed by atoms with E-state index in [0.29, 0.717) is 24.8 Å². The lowest BCUT2D eigenvalue weighted by molar-refractivity contribution is -0.119. The summed E-state index contributed by atoms with van der Waals surface area (Å²) >= 11 is 3.68. The van der Waals surface area contributed by atoms with Gasteiger partial charge in [0.15, 0.2) is 5.65 Å². The van der Waals surface area contributed by atoms with E-state index in [1.54, 1.807) is 7.11 Å². The fraction of sp³-hybridized carbons (Fsp3) is 0.409. The Morgan fingerprint density at radius 1 is 1.31 bits per heavy atom. The van der Waals surface area contributed by atoms with Crippen molar-refractivity contribution in [3.05, 3.63) is 52.4 Å². The summed E-state index contributed by atoms with van der Waals surface area (Å²) in [5.74, 6) is 1.82. The number of carbonyl (C=O) groups is 1. The highest BCUT2D eigenvalue weighted by Gasteiger charge is 2.29. The number of benzene rings is 1. The monoisotopic (exact) mass is 456 g/mol. The van der Waals surface area contributed by atoms with Gasteiger partial charge < -0.3 is 14.6 Å². The maximum atomic E-state index is 11.7. The molecule has 1 saturated heterocycles. The molecule has 0 aliphatic carbocycles. The number of imidazole rings is 1. The molecule has 3 aromatic rings. The van der Waals surface area contributed by atoms with Crippen LogP contribution in [0.5, 0.6) is 5.75 Å². The van der Waals surface area contributed by atoms with Crippen molar-refractivity contribution in [2.75, 3.05) is 13.7 Å². The van der Waals surface area contributed by atoms with E-state index in [1.165, 1.54) is 11.1 Å². The Bertz CT molecular complexity index is 1020. The summed E-state index contributed by atoms with van der Waals surface area (Å²) in [5, 5.41) is 2.97. The molecule has 0 saturated carbocycles. The summed E-state index contributed by atoms with van der Waals surface area (Å²) < 4.78 is 8.30. The smallest absolute Gasteiger partial charge is 0.220 e. The Hall–Kier alpha value is -2.41. The van der Waals surface area contributed by atoms with Crippen molar-refractivity contribution < 1.29 is 9.53 Å². The summed E-state index contributed by atoms with van der Waals surface area (Å²) in [5.41, 5.74) is 4.16. The number of carbonyl (C=O) groups excluding carboxylic acids is 1. The molecule has 1 aromatic carbocycles.